The summed E-state index contributed by atoms with van der Waals surface area (Å²) in [7, 11) is 0. The van der Waals surface area contributed by atoms with Crippen LogP contribution in [0.25, 0.3) is 0 Å². The van der Waals surface area contributed by atoms with Crippen LogP contribution in [0.3, 0.4) is 0 Å². The number of rotatable bonds is 8. The van der Waals surface area contributed by atoms with Gasteiger partial charge in [0.15, 0.2) is 5.96 Å². The molecule has 2 amide bonds. The number of halogens is 2. The van der Waals surface area contributed by atoms with E-state index in [1.807, 2.05) is 6.07 Å². The molecule has 0 saturated heterocycles. The van der Waals surface area contributed by atoms with Gasteiger partial charge in [-0.3, -0.25) is 14.6 Å². The van der Waals surface area contributed by atoms with Gasteiger partial charge in [-0.25, -0.2) is 4.79 Å². The Morgan fingerprint density at radius 1 is 0.946 bits per heavy atom. The Balaban J connectivity index is 1.38. The van der Waals surface area contributed by atoms with Crippen molar-refractivity contribution in [3.05, 3.63) is 93.5 Å². The van der Waals surface area contributed by atoms with Crippen LogP contribution in [0.2, 0.25) is 10.0 Å². The Morgan fingerprint density at radius 2 is 1.65 bits per heavy atom. The molecular formula is C26H23Cl2N5O4. The lowest BCUT2D eigenvalue weighted by Gasteiger charge is -2.16. The summed E-state index contributed by atoms with van der Waals surface area (Å²) in [6.45, 7) is 1.47. The fourth-order valence-corrected chi connectivity index (χ4v) is 4.23. The highest BCUT2D eigenvalue weighted by Crippen LogP contribution is 2.24. The summed E-state index contributed by atoms with van der Waals surface area (Å²) in [6, 6.07) is 17.1. The number of aliphatic imine (C=N–C) groups is 1. The molecule has 0 aliphatic carbocycles. The lowest BCUT2D eigenvalue weighted by molar-refractivity contribution is -0.139. The number of nitrogens with one attached hydrogen (secondary N) is 4. The van der Waals surface area contributed by atoms with Gasteiger partial charge in [0.2, 0.25) is 0 Å². The summed E-state index contributed by atoms with van der Waals surface area (Å²) in [4.78, 5) is 41.4. The third kappa shape index (κ3) is 6.78. The molecule has 0 fully saturated rings. The predicted octanol–water partition coefficient (Wildman–Crippen LogP) is 4.04. The number of hydrogen-bond donors (Lipinski definition) is 5. The van der Waals surface area contributed by atoms with E-state index in [1.165, 1.54) is 12.1 Å². The average Bonchev–Trinajstić information content (AvgIpc) is 3.38. The molecule has 0 bridgehead atoms. The van der Waals surface area contributed by atoms with E-state index in [2.05, 4.69) is 26.3 Å². The first kappa shape index (κ1) is 26.0. The van der Waals surface area contributed by atoms with Crippen molar-refractivity contribution in [2.24, 2.45) is 4.99 Å². The lowest BCUT2D eigenvalue weighted by atomic mass is 10.0. The van der Waals surface area contributed by atoms with E-state index in [9.17, 15) is 19.5 Å². The Hall–Kier alpha value is -4.08. The largest absolute Gasteiger partial charge is 0.480 e. The smallest absolute Gasteiger partial charge is 0.326 e. The van der Waals surface area contributed by atoms with E-state index in [4.69, 9.17) is 23.2 Å². The third-order valence-electron chi connectivity index (χ3n) is 5.51. The van der Waals surface area contributed by atoms with Gasteiger partial charge in [0.25, 0.3) is 11.8 Å². The lowest BCUT2D eigenvalue weighted by Crippen LogP contribution is -2.42. The number of guanidine groups is 1. The van der Waals surface area contributed by atoms with Crippen molar-refractivity contribution in [2.75, 3.05) is 23.7 Å². The molecule has 3 aromatic carbocycles. The fraction of sp³-hybridized carbons (Fsp3) is 0.154. The first-order valence-corrected chi connectivity index (χ1v) is 12.1. The normalized spacial score (nSPS) is 13.2. The predicted molar refractivity (Wildman–Crippen MR) is 144 cm³/mol. The number of hydrogen-bond acceptors (Lipinski definition) is 6. The van der Waals surface area contributed by atoms with Crippen LogP contribution in [0.5, 0.6) is 0 Å². The van der Waals surface area contributed by atoms with E-state index in [0.717, 1.165) is 12.2 Å². The number of carboxylic acid groups (broad SMARTS) is 1. The maximum Gasteiger partial charge on any atom is 0.326 e. The molecule has 1 heterocycles. The van der Waals surface area contributed by atoms with Crippen LogP contribution in [0.15, 0.2) is 71.7 Å². The molecule has 0 spiro atoms. The van der Waals surface area contributed by atoms with E-state index in [-0.39, 0.29) is 27.9 Å². The second-order valence-electron chi connectivity index (χ2n) is 8.18. The minimum Gasteiger partial charge on any atom is -0.480 e. The first-order valence-electron chi connectivity index (χ1n) is 11.3. The molecule has 3 aromatic rings. The molecule has 1 aliphatic heterocycles. The first-order chi connectivity index (χ1) is 17.8. The van der Waals surface area contributed by atoms with Gasteiger partial charge in [0.1, 0.15) is 6.04 Å². The molecule has 190 valence electrons. The van der Waals surface area contributed by atoms with Crippen LogP contribution in [-0.2, 0) is 11.2 Å². The highest BCUT2D eigenvalue weighted by atomic mass is 35.5. The summed E-state index contributed by atoms with van der Waals surface area (Å²) >= 11 is 12.1. The Morgan fingerprint density at radius 3 is 2.30 bits per heavy atom. The average molecular weight is 540 g/mol. The van der Waals surface area contributed by atoms with Crippen molar-refractivity contribution < 1.29 is 19.5 Å². The van der Waals surface area contributed by atoms with Gasteiger partial charge < -0.3 is 26.4 Å². The number of anilines is 2. The molecule has 9 nitrogen and oxygen atoms in total. The molecule has 0 saturated carbocycles. The van der Waals surface area contributed by atoms with Crippen LogP contribution >= 0.6 is 23.2 Å². The van der Waals surface area contributed by atoms with Gasteiger partial charge in [-0.1, -0.05) is 47.5 Å². The van der Waals surface area contributed by atoms with Gasteiger partial charge in [-0.2, -0.15) is 0 Å². The molecule has 5 N–H and O–H groups in total. The zero-order chi connectivity index (χ0) is 26.4. The minimum atomic E-state index is -1.21. The summed E-state index contributed by atoms with van der Waals surface area (Å²) in [5.41, 5.74) is 2.39. The number of carbonyl (C=O) groups excluding carboxylic acids is 2. The highest BCUT2D eigenvalue weighted by Gasteiger charge is 2.24. The van der Waals surface area contributed by atoms with Gasteiger partial charge in [0, 0.05) is 29.9 Å². The second-order valence-corrected chi connectivity index (χ2v) is 8.99. The zero-order valence-corrected chi connectivity index (χ0v) is 20.9. The monoisotopic (exact) mass is 539 g/mol. The SMILES string of the molecule is O=C(Nc1ccc(C[C@H](NC(=O)c2c(Cl)cccc2Cl)C(=O)O)cc1)c1cccc(NC2=NCCN2)c1. The molecule has 0 radical (unpaired) electrons. The van der Waals surface area contributed by atoms with Crippen LogP contribution in [0.4, 0.5) is 11.4 Å². The number of benzene rings is 3. The topological polar surface area (TPSA) is 132 Å². The van der Waals surface area contributed by atoms with Gasteiger partial charge in [0.05, 0.1) is 22.2 Å². The number of aliphatic carboxylic acids is 1. The number of nitrogens with zero attached hydrogens (tertiary/aromatic N) is 1. The van der Waals surface area contributed by atoms with E-state index in [0.29, 0.717) is 29.3 Å². The number of amides is 2. The molecular weight excluding hydrogens is 517 g/mol. The maximum absolute atomic E-state index is 12.7. The van der Waals surface area contributed by atoms with Crippen LogP contribution in [-0.4, -0.2) is 48.0 Å². The molecule has 0 unspecified atom stereocenters. The summed E-state index contributed by atoms with van der Waals surface area (Å²) < 4.78 is 0. The van der Waals surface area contributed by atoms with Crippen molar-refractivity contribution >= 4 is 58.3 Å². The zero-order valence-electron chi connectivity index (χ0n) is 19.4. The molecule has 0 aromatic heterocycles. The number of carbonyl (C=O) groups is 3. The Kier molecular flexibility index (Phi) is 8.27. The van der Waals surface area contributed by atoms with Gasteiger partial charge in [-0.05, 0) is 48.0 Å². The minimum absolute atomic E-state index is 0.0157. The van der Waals surface area contributed by atoms with Crippen molar-refractivity contribution in [1.82, 2.24) is 10.6 Å². The quantitative estimate of drug-likeness (QED) is 0.293. The van der Waals surface area contributed by atoms with Crippen LogP contribution in [0, 0.1) is 0 Å². The molecule has 4 rings (SSSR count). The van der Waals surface area contributed by atoms with Crippen molar-refractivity contribution in [3.8, 4) is 0 Å². The van der Waals surface area contributed by atoms with E-state index >= 15 is 0 Å². The maximum atomic E-state index is 12.7. The molecule has 37 heavy (non-hydrogen) atoms. The van der Waals surface area contributed by atoms with Crippen LogP contribution < -0.4 is 21.3 Å². The standard InChI is InChI=1S/C26H23Cl2N5O4/c27-19-5-2-6-20(28)22(19)24(35)33-21(25(36)37)13-15-7-9-17(10-8-15)31-23(34)16-3-1-4-18(14-16)32-26-29-11-12-30-26/h1-10,14,21H,11-13H2,(H,31,34)(H,33,35)(H,36,37)(H2,29,30,32)/t21-/m0/s1. The van der Waals surface area contributed by atoms with Crippen molar-refractivity contribution in [2.45, 2.75) is 12.5 Å². The highest BCUT2D eigenvalue weighted by molar-refractivity contribution is 6.39. The summed E-state index contributed by atoms with van der Waals surface area (Å²) in [6.07, 6.45) is 0.0169. The molecule has 1 atom stereocenters. The van der Waals surface area contributed by atoms with Gasteiger partial charge >= 0.3 is 5.97 Å². The van der Waals surface area contributed by atoms with E-state index in [1.54, 1.807) is 48.5 Å². The van der Waals surface area contributed by atoms with Gasteiger partial charge in [-0.15, -0.1) is 0 Å². The molecule has 1 aliphatic rings. The number of carboxylic acids is 1. The Labute approximate surface area is 222 Å². The third-order valence-corrected chi connectivity index (χ3v) is 6.14. The summed E-state index contributed by atoms with van der Waals surface area (Å²) in [5, 5.41) is 21.4. The van der Waals surface area contributed by atoms with Crippen molar-refractivity contribution in [1.29, 1.82) is 0 Å². The van der Waals surface area contributed by atoms with Crippen LogP contribution in [0.1, 0.15) is 26.3 Å². The van der Waals surface area contributed by atoms with Crippen molar-refractivity contribution in [3.63, 3.8) is 0 Å². The second kappa shape index (κ2) is 11.8. The molecule has 11 heteroatoms. The Bertz CT molecular complexity index is 1340. The fourth-order valence-electron chi connectivity index (χ4n) is 3.66. The summed E-state index contributed by atoms with van der Waals surface area (Å²) in [5.74, 6) is -1.52. The van der Waals surface area contributed by atoms with E-state index < -0.39 is 17.9 Å².